The van der Waals surface area contributed by atoms with Gasteiger partial charge in [-0.3, -0.25) is 19.2 Å². The highest BCUT2D eigenvalue weighted by molar-refractivity contribution is 6.62. The third-order valence-electron chi connectivity index (χ3n) is 6.89. The van der Waals surface area contributed by atoms with Gasteiger partial charge >= 0.3 is 31.0 Å². The van der Waals surface area contributed by atoms with Crippen LogP contribution >= 0.6 is 0 Å². The number of carbonyl (C=O) groups is 4. The van der Waals surface area contributed by atoms with E-state index in [9.17, 15) is 24.3 Å². The Kier molecular flexibility index (Phi) is 9.29. The van der Waals surface area contributed by atoms with E-state index in [0.29, 0.717) is 5.75 Å². The Morgan fingerprint density at radius 3 is 1.90 bits per heavy atom. The lowest BCUT2D eigenvalue weighted by Crippen LogP contribution is -2.60. The quantitative estimate of drug-likeness (QED) is 0.270. The lowest BCUT2D eigenvalue weighted by Gasteiger charge is -2.44. The predicted molar refractivity (Wildman–Crippen MR) is 135 cm³/mol. The molecule has 0 bridgehead atoms. The summed E-state index contributed by atoms with van der Waals surface area (Å²) in [5.41, 5.74) is -0.296. The van der Waals surface area contributed by atoms with E-state index >= 15 is 0 Å². The van der Waals surface area contributed by atoms with Crippen molar-refractivity contribution < 1.29 is 57.3 Å². The van der Waals surface area contributed by atoms with Crippen molar-refractivity contribution in [2.75, 3.05) is 6.61 Å². The largest absolute Gasteiger partial charge is 0.494 e. The molecule has 214 valence electrons. The molecule has 0 aromatic heterocycles. The van der Waals surface area contributed by atoms with Gasteiger partial charge in [0.05, 0.1) is 23.5 Å². The van der Waals surface area contributed by atoms with Crippen LogP contribution in [-0.4, -0.2) is 78.5 Å². The van der Waals surface area contributed by atoms with Gasteiger partial charge in [-0.2, -0.15) is 0 Å². The van der Waals surface area contributed by atoms with Crippen molar-refractivity contribution >= 4 is 36.5 Å². The van der Waals surface area contributed by atoms with E-state index in [1.54, 1.807) is 24.3 Å². The summed E-state index contributed by atoms with van der Waals surface area (Å²) in [7, 11) is -0.597. The molecule has 3 rings (SSSR count). The summed E-state index contributed by atoms with van der Waals surface area (Å²) < 4.78 is 40.0. The summed E-state index contributed by atoms with van der Waals surface area (Å²) >= 11 is 0. The van der Waals surface area contributed by atoms with Gasteiger partial charge in [0, 0.05) is 20.8 Å². The van der Waals surface area contributed by atoms with Crippen molar-refractivity contribution in [2.24, 2.45) is 5.92 Å². The monoisotopic (exact) mass is 550 g/mol. The van der Waals surface area contributed by atoms with Gasteiger partial charge < -0.3 is 38.1 Å². The summed E-state index contributed by atoms with van der Waals surface area (Å²) in [5, 5.41) is 9.60. The molecule has 2 aliphatic rings. The zero-order valence-electron chi connectivity index (χ0n) is 23.1. The summed E-state index contributed by atoms with van der Waals surface area (Å²) in [6.07, 6.45) is -5.42. The molecule has 13 heteroatoms. The van der Waals surface area contributed by atoms with E-state index in [2.05, 4.69) is 0 Å². The number of hydrogen-bond donors (Lipinski definition) is 1. The molecule has 1 aromatic carbocycles. The van der Waals surface area contributed by atoms with Crippen molar-refractivity contribution in [3.8, 4) is 5.75 Å². The van der Waals surface area contributed by atoms with Crippen LogP contribution in [0.4, 0.5) is 0 Å². The number of rotatable bonds is 9. The SMILES string of the molecule is CC(=O)OCC1OC(Oc2ccc(B3OC(C)(C)C(C)(C)O3)cc2)C(CC(=O)O)C(OC(C)=O)C1OC(C)=O. The second kappa shape index (κ2) is 11.9. The Balaban J connectivity index is 1.89. The fraction of sp³-hybridized carbons (Fsp3) is 0.615. The molecule has 5 unspecified atom stereocenters. The molecule has 1 N–H and O–H groups in total. The van der Waals surface area contributed by atoms with Crippen LogP contribution in [0.5, 0.6) is 5.75 Å². The molecule has 39 heavy (non-hydrogen) atoms. The van der Waals surface area contributed by atoms with E-state index in [1.807, 2.05) is 27.7 Å². The van der Waals surface area contributed by atoms with Crippen molar-refractivity contribution in [3.63, 3.8) is 0 Å². The normalized spacial score (nSPS) is 27.4. The van der Waals surface area contributed by atoms with Crippen LogP contribution in [0, 0.1) is 5.92 Å². The first-order chi connectivity index (χ1) is 18.1. The number of carboxylic acid groups (broad SMARTS) is 1. The Morgan fingerprint density at radius 1 is 0.872 bits per heavy atom. The fourth-order valence-electron chi connectivity index (χ4n) is 4.32. The standard InChI is InChI=1S/C26H35BO12/c1-14(28)33-13-20-23(35-16(3)30)22(34-15(2)29)19(12-21(31)32)24(37-20)36-18-10-8-17(9-11-18)27-38-25(4,5)26(6,7)39-27/h8-11,19-20,22-24H,12-13H2,1-7H3,(H,31,32). The van der Waals surface area contributed by atoms with E-state index in [1.165, 1.54) is 6.92 Å². The Bertz CT molecular complexity index is 1050. The number of benzene rings is 1. The number of ether oxygens (including phenoxy) is 5. The van der Waals surface area contributed by atoms with E-state index < -0.39 is 79.1 Å². The highest BCUT2D eigenvalue weighted by Gasteiger charge is 2.53. The summed E-state index contributed by atoms with van der Waals surface area (Å²) in [6.45, 7) is 10.9. The number of carboxylic acids is 1. The molecule has 2 heterocycles. The molecule has 2 aliphatic heterocycles. The van der Waals surface area contributed by atoms with Gasteiger partial charge in [0.25, 0.3) is 0 Å². The van der Waals surface area contributed by atoms with Crippen LogP contribution in [0.3, 0.4) is 0 Å². The first kappa shape index (κ1) is 30.4. The summed E-state index contributed by atoms with van der Waals surface area (Å²) in [4.78, 5) is 47.1. The van der Waals surface area contributed by atoms with E-state index in [4.69, 9.17) is 33.0 Å². The molecule has 0 radical (unpaired) electrons. The lowest BCUT2D eigenvalue weighted by molar-refractivity contribution is -0.271. The molecular weight excluding hydrogens is 515 g/mol. The summed E-state index contributed by atoms with van der Waals surface area (Å²) in [5.74, 6) is -4.05. The van der Waals surface area contributed by atoms with Crippen molar-refractivity contribution in [3.05, 3.63) is 24.3 Å². The zero-order valence-corrected chi connectivity index (χ0v) is 23.1. The van der Waals surface area contributed by atoms with Crippen LogP contribution in [-0.2, 0) is 47.4 Å². The summed E-state index contributed by atoms with van der Waals surface area (Å²) in [6, 6.07) is 6.77. The number of hydrogen-bond acceptors (Lipinski definition) is 11. The fourth-order valence-corrected chi connectivity index (χ4v) is 4.32. The first-order valence-electron chi connectivity index (χ1n) is 12.6. The van der Waals surface area contributed by atoms with Crippen molar-refractivity contribution in [1.29, 1.82) is 0 Å². The first-order valence-corrected chi connectivity index (χ1v) is 12.6. The van der Waals surface area contributed by atoms with E-state index in [0.717, 1.165) is 19.3 Å². The molecule has 0 spiro atoms. The number of carbonyl (C=O) groups excluding carboxylic acids is 3. The van der Waals surface area contributed by atoms with Gasteiger partial charge in [0.1, 0.15) is 18.5 Å². The van der Waals surface area contributed by atoms with Gasteiger partial charge in [0.15, 0.2) is 12.2 Å². The molecule has 0 aliphatic carbocycles. The van der Waals surface area contributed by atoms with Crippen molar-refractivity contribution in [1.82, 2.24) is 0 Å². The smallest absolute Gasteiger partial charge is 0.481 e. The average Bonchev–Trinajstić information content (AvgIpc) is 3.02. The van der Waals surface area contributed by atoms with Gasteiger partial charge in [-0.25, -0.2) is 0 Å². The maximum Gasteiger partial charge on any atom is 0.494 e. The molecule has 2 saturated heterocycles. The molecule has 5 atom stereocenters. The topological polar surface area (TPSA) is 153 Å². The van der Waals surface area contributed by atoms with Crippen LogP contribution in [0.2, 0.25) is 0 Å². The Morgan fingerprint density at radius 2 is 1.41 bits per heavy atom. The highest BCUT2D eigenvalue weighted by Crippen LogP contribution is 2.37. The van der Waals surface area contributed by atoms with Gasteiger partial charge in [-0.05, 0) is 45.3 Å². The molecule has 0 amide bonds. The second-order valence-electron chi connectivity index (χ2n) is 10.5. The highest BCUT2D eigenvalue weighted by atomic mass is 16.7. The van der Waals surface area contributed by atoms with Crippen LogP contribution in [0.15, 0.2) is 24.3 Å². The van der Waals surface area contributed by atoms with Gasteiger partial charge in [0.2, 0.25) is 6.29 Å². The van der Waals surface area contributed by atoms with Crippen LogP contribution in [0.25, 0.3) is 0 Å². The van der Waals surface area contributed by atoms with Crippen LogP contribution in [0.1, 0.15) is 54.9 Å². The third-order valence-corrected chi connectivity index (χ3v) is 6.89. The maximum absolute atomic E-state index is 12.0. The van der Waals surface area contributed by atoms with Gasteiger partial charge in [-0.1, -0.05) is 12.1 Å². The molecule has 12 nitrogen and oxygen atoms in total. The third kappa shape index (κ3) is 7.49. The van der Waals surface area contributed by atoms with Crippen LogP contribution < -0.4 is 10.2 Å². The molecule has 1 aromatic rings. The Hall–Kier alpha value is -3.16. The number of esters is 3. The second-order valence-corrected chi connectivity index (χ2v) is 10.5. The lowest BCUT2D eigenvalue weighted by atomic mass is 9.79. The molecule has 0 saturated carbocycles. The van der Waals surface area contributed by atoms with Crippen molar-refractivity contribution in [2.45, 2.75) is 90.7 Å². The minimum Gasteiger partial charge on any atom is -0.481 e. The molecule has 2 fully saturated rings. The average molecular weight is 550 g/mol. The van der Waals surface area contributed by atoms with E-state index in [-0.39, 0.29) is 6.61 Å². The minimum atomic E-state index is -1.26. The van der Waals surface area contributed by atoms with Gasteiger partial charge in [-0.15, -0.1) is 0 Å². The zero-order chi connectivity index (χ0) is 29.1. The maximum atomic E-state index is 12.0. The number of aliphatic carboxylic acids is 1. The Labute approximate surface area is 227 Å². The predicted octanol–water partition coefficient (Wildman–Crippen LogP) is 1.61. The molecular formula is C26H35BO12. The minimum absolute atomic E-state index is 0.314.